The summed E-state index contributed by atoms with van der Waals surface area (Å²) in [6.07, 6.45) is 58.1. The van der Waals surface area contributed by atoms with E-state index in [-0.39, 0.29) is 31.1 Å². The van der Waals surface area contributed by atoms with E-state index in [4.69, 9.17) is 14.2 Å². The first-order valence-electron chi connectivity index (χ1n) is 28.5. The van der Waals surface area contributed by atoms with Crippen molar-refractivity contribution >= 4 is 17.9 Å². The molecule has 0 aliphatic heterocycles. The Morgan fingerprint density at radius 1 is 0.254 bits per heavy atom. The zero-order valence-electron chi connectivity index (χ0n) is 42.9. The van der Waals surface area contributed by atoms with E-state index in [1.165, 1.54) is 231 Å². The Balaban J connectivity index is 4.24. The second kappa shape index (κ2) is 53.0. The van der Waals surface area contributed by atoms with Gasteiger partial charge in [0.2, 0.25) is 0 Å². The van der Waals surface area contributed by atoms with Gasteiger partial charge in [-0.15, -0.1) is 0 Å². The van der Waals surface area contributed by atoms with Crippen LogP contribution in [-0.4, -0.2) is 37.2 Å². The van der Waals surface area contributed by atoms with Crippen molar-refractivity contribution in [1.82, 2.24) is 0 Å². The van der Waals surface area contributed by atoms with E-state index in [1.54, 1.807) is 0 Å². The second-order valence-electron chi connectivity index (χ2n) is 19.6. The zero-order chi connectivity index (χ0) is 45.8. The molecule has 0 saturated heterocycles. The Hall–Kier alpha value is -1.59. The van der Waals surface area contributed by atoms with Crippen LogP contribution in [-0.2, 0) is 28.6 Å². The summed E-state index contributed by atoms with van der Waals surface area (Å²) in [5, 5.41) is 0. The van der Waals surface area contributed by atoms with Gasteiger partial charge in [-0.2, -0.15) is 0 Å². The minimum absolute atomic E-state index is 0.0612. The quantitative estimate of drug-likeness (QED) is 0.0344. The molecular formula is C57H110O6. The van der Waals surface area contributed by atoms with Gasteiger partial charge in [0.15, 0.2) is 6.10 Å². The SMILES string of the molecule is CCCCCCCCCCCCCCCCCCCCCC(=O)OC[C@H](COC(=O)CCCCCCCCCCCCC)OC(=O)CCCCCCCCCCCCCCCCC. The first kappa shape index (κ1) is 61.4. The lowest BCUT2D eigenvalue weighted by Crippen LogP contribution is -2.30. The normalized spacial score (nSPS) is 11.9. The Morgan fingerprint density at radius 2 is 0.429 bits per heavy atom. The minimum atomic E-state index is -0.760. The van der Waals surface area contributed by atoms with Gasteiger partial charge >= 0.3 is 17.9 Å². The smallest absolute Gasteiger partial charge is 0.306 e. The molecule has 0 unspecified atom stereocenters. The van der Waals surface area contributed by atoms with Crippen molar-refractivity contribution in [2.75, 3.05) is 13.2 Å². The summed E-state index contributed by atoms with van der Waals surface area (Å²) < 4.78 is 16.9. The average molecular weight is 892 g/mol. The summed E-state index contributed by atoms with van der Waals surface area (Å²) in [6, 6.07) is 0. The Labute approximate surface area is 393 Å². The first-order chi connectivity index (χ1) is 31.0. The maximum absolute atomic E-state index is 12.8. The lowest BCUT2D eigenvalue weighted by molar-refractivity contribution is -0.167. The van der Waals surface area contributed by atoms with Crippen LogP contribution in [0.2, 0.25) is 0 Å². The van der Waals surface area contributed by atoms with Gasteiger partial charge in [-0.3, -0.25) is 14.4 Å². The van der Waals surface area contributed by atoms with Gasteiger partial charge in [-0.1, -0.05) is 290 Å². The van der Waals surface area contributed by atoms with Gasteiger partial charge in [0.1, 0.15) is 13.2 Å². The van der Waals surface area contributed by atoms with Crippen LogP contribution in [0.5, 0.6) is 0 Å². The average Bonchev–Trinajstić information content (AvgIpc) is 3.28. The molecule has 374 valence electrons. The summed E-state index contributed by atoms with van der Waals surface area (Å²) in [4.78, 5) is 38.0. The van der Waals surface area contributed by atoms with Crippen LogP contribution < -0.4 is 0 Å². The summed E-state index contributed by atoms with van der Waals surface area (Å²) in [5.74, 6) is -0.835. The Bertz CT molecular complexity index is 936. The standard InChI is InChI=1S/C57H110O6/c1-4-7-10-13-16-19-22-24-26-27-28-29-31-32-35-38-41-44-47-50-56(59)62-53-54(52-61-55(58)49-46-43-40-37-34-21-18-15-12-9-6-3)63-57(60)51-48-45-42-39-36-33-30-25-23-20-17-14-11-8-5-2/h54H,4-53H2,1-3H3/t54-/m0/s1. The molecule has 0 bridgehead atoms. The topological polar surface area (TPSA) is 78.9 Å². The highest BCUT2D eigenvalue weighted by molar-refractivity contribution is 5.71. The maximum atomic E-state index is 12.8. The van der Waals surface area contributed by atoms with Gasteiger partial charge in [0.05, 0.1) is 0 Å². The van der Waals surface area contributed by atoms with Crippen LogP contribution in [0, 0.1) is 0 Å². The molecule has 0 aromatic rings. The van der Waals surface area contributed by atoms with Crippen LogP contribution in [0.15, 0.2) is 0 Å². The minimum Gasteiger partial charge on any atom is -0.462 e. The molecular weight excluding hydrogens is 781 g/mol. The summed E-state index contributed by atoms with van der Waals surface area (Å²) >= 11 is 0. The van der Waals surface area contributed by atoms with E-state index in [0.717, 1.165) is 57.8 Å². The van der Waals surface area contributed by atoms with E-state index in [2.05, 4.69) is 20.8 Å². The molecule has 0 aliphatic carbocycles. The third kappa shape index (κ3) is 51.3. The molecule has 63 heavy (non-hydrogen) atoms. The molecule has 0 aromatic heterocycles. The maximum Gasteiger partial charge on any atom is 0.306 e. The van der Waals surface area contributed by atoms with Gasteiger partial charge in [-0.05, 0) is 19.3 Å². The van der Waals surface area contributed by atoms with Gasteiger partial charge < -0.3 is 14.2 Å². The number of hydrogen-bond donors (Lipinski definition) is 0. The highest BCUT2D eigenvalue weighted by Crippen LogP contribution is 2.18. The van der Waals surface area contributed by atoms with Gasteiger partial charge in [0.25, 0.3) is 0 Å². The van der Waals surface area contributed by atoms with Crippen molar-refractivity contribution in [2.24, 2.45) is 0 Å². The number of hydrogen-bond acceptors (Lipinski definition) is 6. The molecule has 0 aromatic carbocycles. The monoisotopic (exact) mass is 891 g/mol. The molecule has 0 N–H and O–H groups in total. The van der Waals surface area contributed by atoms with Crippen molar-refractivity contribution in [1.29, 1.82) is 0 Å². The van der Waals surface area contributed by atoms with Crippen LogP contribution in [0.25, 0.3) is 0 Å². The van der Waals surface area contributed by atoms with E-state index >= 15 is 0 Å². The largest absolute Gasteiger partial charge is 0.462 e. The highest BCUT2D eigenvalue weighted by Gasteiger charge is 2.19. The molecule has 6 heteroatoms. The predicted molar refractivity (Wildman–Crippen MR) is 270 cm³/mol. The number of ether oxygens (including phenoxy) is 3. The van der Waals surface area contributed by atoms with Crippen LogP contribution in [0.1, 0.15) is 329 Å². The second-order valence-corrected chi connectivity index (χ2v) is 19.6. The fourth-order valence-electron chi connectivity index (χ4n) is 8.80. The molecule has 0 aliphatic rings. The lowest BCUT2D eigenvalue weighted by Gasteiger charge is -2.18. The molecule has 0 spiro atoms. The fraction of sp³-hybridized carbons (Fsp3) is 0.947. The van der Waals surface area contributed by atoms with Crippen LogP contribution in [0.3, 0.4) is 0 Å². The zero-order valence-corrected chi connectivity index (χ0v) is 42.9. The van der Waals surface area contributed by atoms with E-state index in [9.17, 15) is 14.4 Å². The number of carbonyl (C=O) groups is 3. The van der Waals surface area contributed by atoms with Gasteiger partial charge in [-0.25, -0.2) is 0 Å². The van der Waals surface area contributed by atoms with Crippen LogP contribution >= 0.6 is 0 Å². The Morgan fingerprint density at radius 3 is 0.635 bits per heavy atom. The fourth-order valence-corrected chi connectivity index (χ4v) is 8.80. The molecule has 1 atom stereocenters. The predicted octanol–water partition coefficient (Wildman–Crippen LogP) is 18.8. The van der Waals surface area contributed by atoms with Crippen molar-refractivity contribution in [2.45, 2.75) is 335 Å². The summed E-state index contributed by atoms with van der Waals surface area (Å²) in [5.41, 5.74) is 0. The van der Waals surface area contributed by atoms with Gasteiger partial charge in [0, 0.05) is 19.3 Å². The Kier molecular flexibility index (Phi) is 51.7. The van der Waals surface area contributed by atoms with E-state index < -0.39 is 6.10 Å². The third-order valence-corrected chi connectivity index (χ3v) is 13.1. The van der Waals surface area contributed by atoms with E-state index in [1.807, 2.05) is 0 Å². The summed E-state index contributed by atoms with van der Waals surface area (Å²) in [7, 11) is 0. The van der Waals surface area contributed by atoms with Crippen molar-refractivity contribution < 1.29 is 28.6 Å². The molecule has 0 rings (SSSR count). The lowest BCUT2D eigenvalue weighted by atomic mass is 10.0. The number of carbonyl (C=O) groups excluding carboxylic acids is 3. The highest BCUT2D eigenvalue weighted by atomic mass is 16.6. The molecule has 0 fully saturated rings. The molecule has 0 amide bonds. The number of esters is 3. The number of unbranched alkanes of at least 4 members (excludes halogenated alkanes) is 42. The summed E-state index contributed by atoms with van der Waals surface area (Å²) in [6.45, 7) is 6.70. The van der Waals surface area contributed by atoms with Crippen LogP contribution in [0.4, 0.5) is 0 Å². The molecule has 0 saturated carbocycles. The van der Waals surface area contributed by atoms with E-state index in [0.29, 0.717) is 19.3 Å². The molecule has 6 nitrogen and oxygen atoms in total. The molecule has 0 heterocycles. The number of rotatable bonds is 53. The molecule has 0 radical (unpaired) electrons. The van der Waals surface area contributed by atoms with Crippen molar-refractivity contribution in [3.63, 3.8) is 0 Å². The van der Waals surface area contributed by atoms with Crippen molar-refractivity contribution in [3.05, 3.63) is 0 Å². The van der Waals surface area contributed by atoms with Crippen molar-refractivity contribution in [3.8, 4) is 0 Å². The first-order valence-corrected chi connectivity index (χ1v) is 28.5. The third-order valence-electron chi connectivity index (χ3n) is 13.1.